The minimum Gasteiger partial charge on any atom is -0.490 e. The van der Waals surface area contributed by atoms with Gasteiger partial charge in [0.05, 0.1) is 18.1 Å². The summed E-state index contributed by atoms with van der Waals surface area (Å²) < 4.78 is 11.2. The lowest BCUT2D eigenvalue weighted by Crippen LogP contribution is -2.50. The van der Waals surface area contributed by atoms with Crippen LogP contribution in [0.15, 0.2) is 36.4 Å². The van der Waals surface area contributed by atoms with Crippen LogP contribution in [-0.4, -0.2) is 42.5 Å². The number of halogens is 1. The van der Waals surface area contributed by atoms with Crippen molar-refractivity contribution in [2.75, 3.05) is 19.8 Å². The van der Waals surface area contributed by atoms with Crippen molar-refractivity contribution in [2.45, 2.75) is 40.2 Å². The molecular formula is C24H30ClN3O6. The van der Waals surface area contributed by atoms with Gasteiger partial charge < -0.3 is 20.1 Å². The van der Waals surface area contributed by atoms with E-state index in [-0.39, 0.29) is 28.1 Å². The van der Waals surface area contributed by atoms with Crippen molar-refractivity contribution in [2.24, 2.45) is 5.92 Å². The Kier molecular flexibility index (Phi) is 10.1. The van der Waals surface area contributed by atoms with Crippen molar-refractivity contribution in [3.05, 3.63) is 62.7 Å². The van der Waals surface area contributed by atoms with Gasteiger partial charge in [-0.2, -0.15) is 0 Å². The fourth-order valence-corrected chi connectivity index (χ4v) is 3.43. The van der Waals surface area contributed by atoms with Crippen LogP contribution >= 0.6 is 11.6 Å². The largest absolute Gasteiger partial charge is 0.490 e. The lowest BCUT2D eigenvalue weighted by molar-refractivity contribution is -0.384. The minimum absolute atomic E-state index is 0.0485. The van der Waals surface area contributed by atoms with Crippen molar-refractivity contribution in [1.29, 1.82) is 0 Å². The quantitative estimate of drug-likeness (QED) is 0.340. The lowest BCUT2D eigenvalue weighted by Gasteiger charge is -2.22. The summed E-state index contributed by atoms with van der Waals surface area (Å²) in [6, 6.07) is 8.57. The van der Waals surface area contributed by atoms with Crippen molar-refractivity contribution in [1.82, 2.24) is 10.6 Å². The normalized spacial score (nSPS) is 11.6. The standard InChI is InChI=1S/C24H30ClN3O6/c1-5-33-20-10-7-16(13-21(20)34-6-2)11-12-26-24(30)22(15(3)4)27-23(29)17-8-9-18(25)19(14-17)28(31)32/h7-10,13-15,22H,5-6,11-12H2,1-4H3,(H,26,30)(H,27,29)/t22-/m0/s1. The number of hydrogen-bond acceptors (Lipinski definition) is 6. The van der Waals surface area contributed by atoms with Crippen LogP contribution in [0, 0.1) is 16.0 Å². The molecular weight excluding hydrogens is 462 g/mol. The Balaban J connectivity index is 2.01. The highest BCUT2D eigenvalue weighted by Crippen LogP contribution is 2.28. The topological polar surface area (TPSA) is 120 Å². The van der Waals surface area contributed by atoms with Gasteiger partial charge in [0.25, 0.3) is 11.6 Å². The number of carbonyl (C=O) groups excluding carboxylic acids is 2. The van der Waals surface area contributed by atoms with E-state index in [4.69, 9.17) is 21.1 Å². The fourth-order valence-electron chi connectivity index (χ4n) is 3.24. The van der Waals surface area contributed by atoms with Crippen molar-refractivity contribution in [3.63, 3.8) is 0 Å². The summed E-state index contributed by atoms with van der Waals surface area (Å²) in [5, 5.41) is 16.5. The first-order valence-electron chi connectivity index (χ1n) is 11.1. The average Bonchev–Trinajstić information content (AvgIpc) is 2.79. The number of nitro groups is 1. The molecule has 0 heterocycles. The zero-order chi connectivity index (χ0) is 25.3. The maximum atomic E-state index is 12.8. The summed E-state index contributed by atoms with van der Waals surface area (Å²) in [4.78, 5) is 35.9. The average molecular weight is 492 g/mol. The molecule has 0 fully saturated rings. The Hall–Kier alpha value is -3.33. The second-order valence-electron chi connectivity index (χ2n) is 7.81. The van der Waals surface area contributed by atoms with E-state index in [1.54, 1.807) is 13.8 Å². The third-order valence-corrected chi connectivity index (χ3v) is 5.28. The Morgan fingerprint density at radius 2 is 1.74 bits per heavy atom. The van der Waals surface area contributed by atoms with Crippen LogP contribution in [0.25, 0.3) is 0 Å². The highest BCUT2D eigenvalue weighted by molar-refractivity contribution is 6.32. The maximum absolute atomic E-state index is 12.8. The zero-order valence-electron chi connectivity index (χ0n) is 19.7. The van der Waals surface area contributed by atoms with Crippen LogP contribution in [-0.2, 0) is 11.2 Å². The van der Waals surface area contributed by atoms with Gasteiger partial charge in [0.1, 0.15) is 11.1 Å². The second-order valence-corrected chi connectivity index (χ2v) is 8.21. The molecule has 2 amide bonds. The van der Waals surface area contributed by atoms with Crippen LogP contribution < -0.4 is 20.1 Å². The molecule has 0 aliphatic rings. The highest BCUT2D eigenvalue weighted by Gasteiger charge is 2.25. The first kappa shape index (κ1) is 26.9. The molecule has 0 spiro atoms. The molecule has 0 radical (unpaired) electrons. The fraction of sp³-hybridized carbons (Fsp3) is 0.417. The Bertz CT molecular complexity index is 1030. The molecule has 0 aliphatic carbocycles. The second kappa shape index (κ2) is 12.8. The molecule has 2 aromatic rings. The summed E-state index contributed by atoms with van der Waals surface area (Å²) in [5.74, 6) is 0.172. The van der Waals surface area contributed by atoms with Crippen LogP contribution in [0.3, 0.4) is 0 Å². The smallest absolute Gasteiger partial charge is 0.288 e. The van der Waals surface area contributed by atoms with Gasteiger partial charge in [-0.05, 0) is 56.0 Å². The molecule has 0 unspecified atom stereocenters. The van der Waals surface area contributed by atoms with Crippen LogP contribution in [0.1, 0.15) is 43.6 Å². The molecule has 2 rings (SSSR count). The highest BCUT2D eigenvalue weighted by atomic mass is 35.5. The van der Waals surface area contributed by atoms with Crippen LogP contribution in [0.4, 0.5) is 5.69 Å². The van der Waals surface area contributed by atoms with Gasteiger partial charge in [0, 0.05) is 18.2 Å². The number of carbonyl (C=O) groups is 2. The number of amides is 2. The summed E-state index contributed by atoms with van der Waals surface area (Å²) in [7, 11) is 0. The Labute approximate surface area is 203 Å². The van der Waals surface area contributed by atoms with E-state index >= 15 is 0 Å². The third kappa shape index (κ3) is 7.34. The van der Waals surface area contributed by atoms with Gasteiger partial charge in [0.15, 0.2) is 11.5 Å². The first-order chi connectivity index (χ1) is 16.2. The van der Waals surface area contributed by atoms with Gasteiger partial charge in [-0.1, -0.05) is 31.5 Å². The summed E-state index contributed by atoms with van der Waals surface area (Å²) >= 11 is 5.81. The number of hydrogen-bond donors (Lipinski definition) is 2. The number of rotatable bonds is 12. The first-order valence-corrected chi connectivity index (χ1v) is 11.5. The van der Waals surface area contributed by atoms with Gasteiger partial charge >= 0.3 is 0 Å². The molecule has 9 nitrogen and oxygen atoms in total. The molecule has 0 bridgehead atoms. The molecule has 0 saturated heterocycles. The number of nitrogens with one attached hydrogen (secondary N) is 2. The monoisotopic (exact) mass is 491 g/mol. The van der Waals surface area contributed by atoms with E-state index in [0.717, 1.165) is 11.6 Å². The SMILES string of the molecule is CCOc1ccc(CCNC(=O)[C@@H](NC(=O)c2ccc(Cl)c([N+](=O)[O-])c2)C(C)C)cc1OCC. The summed E-state index contributed by atoms with van der Waals surface area (Å²) in [6.45, 7) is 8.78. The third-order valence-electron chi connectivity index (χ3n) is 4.96. The summed E-state index contributed by atoms with van der Waals surface area (Å²) in [5.41, 5.74) is 0.639. The van der Waals surface area contributed by atoms with E-state index in [1.807, 2.05) is 32.0 Å². The van der Waals surface area contributed by atoms with E-state index in [9.17, 15) is 19.7 Å². The van der Waals surface area contributed by atoms with E-state index in [0.29, 0.717) is 37.7 Å². The summed E-state index contributed by atoms with van der Waals surface area (Å²) in [6.07, 6.45) is 0.556. The maximum Gasteiger partial charge on any atom is 0.288 e. The zero-order valence-corrected chi connectivity index (χ0v) is 20.5. The lowest BCUT2D eigenvalue weighted by atomic mass is 10.0. The van der Waals surface area contributed by atoms with Crippen molar-refractivity contribution < 1.29 is 24.0 Å². The Morgan fingerprint density at radius 1 is 1.06 bits per heavy atom. The Morgan fingerprint density at radius 3 is 2.35 bits per heavy atom. The van der Waals surface area contributed by atoms with E-state index in [2.05, 4.69) is 10.6 Å². The molecule has 10 heteroatoms. The number of ether oxygens (including phenoxy) is 2. The van der Waals surface area contributed by atoms with Crippen LogP contribution in [0.2, 0.25) is 5.02 Å². The molecule has 2 N–H and O–H groups in total. The van der Waals surface area contributed by atoms with Gasteiger partial charge in [-0.15, -0.1) is 0 Å². The number of benzene rings is 2. The number of nitrogens with zero attached hydrogens (tertiary/aromatic N) is 1. The minimum atomic E-state index is -0.818. The molecule has 2 aromatic carbocycles. The van der Waals surface area contributed by atoms with E-state index in [1.165, 1.54) is 12.1 Å². The number of nitro benzene ring substituents is 1. The molecule has 184 valence electrons. The predicted molar refractivity (Wildman–Crippen MR) is 130 cm³/mol. The molecule has 1 atom stereocenters. The van der Waals surface area contributed by atoms with Crippen molar-refractivity contribution in [3.8, 4) is 11.5 Å². The molecule has 0 aromatic heterocycles. The predicted octanol–water partition coefficient (Wildman–Crippen LogP) is 4.16. The van der Waals surface area contributed by atoms with Crippen LogP contribution in [0.5, 0.6) is 11.5 Å². The van der Waals surface area contributed by atoms with E-state index < -0.39 is 16.9 Å². The molecule has 0 saturated carbocycles. The molecule has 0 aliphatic heterocycles. The van der Waals surface area contributed by atoms with Crippen molar-refractivity contribution >= 4 is 29.1 Å². The van der Waals surface area contributed by atoms with Gasteiger partial charge in [-0.3, -0.25) is 19.7 Å². The van der Waals surface area contributed by atoms with Gasteiger partial charge in [-0.25, -0.2) is 0 Å². The van der Waals surface area contributed by atoms with Gasteiger partial charge in [0.2, 0.25) is 5.91 Å². The molecule has 34 heavy (non-hydrogen) atoms.